The van der Waals surface area contributed by atoms with Crippen molar-refractivity contribution < 1.29 is 4.74 Å². The Hall–Kier alpha value is -1.24. The predicted octanol–water partition coefficient (Wildman–Crippen LogP) is 2.95. The summed E-state index contributed by atoms with van der Waals surface area (Å²) in [6, 6.07) is 0. The highest BCUT2D eigenvalue weighted by atomic mass is 32.1. The molecule has 0 fully saturated rings. The SMILES string of the molecule is CCOC(C)c1nc(NN)c2c3c(sc2n1)CCCC3. The number of hydrazine groups is 1. The van der Waals surface area contributed by atoms with Crippen LogP contribution in [0, 0.1) is 0 Å². The quantitative estimate of drug-likeness (QED) is 0.669. The van der Waals surface area contributed by atoms with Crippen molar-refractivity contribution in [1.82, 2.24) is 9.97 Å². The normalized spacial score (nSPS) is 16.1. The molecular weight excluding hydrogens is 272 g/mol. The van der Waals surface area contributed by atoms with Crippen LogP contribution in [0.3, 0.4) is 0 Å². The molecule has 0 saturated carbocycles. The van der Waals surface area contributed by atoms with Gasteiger partial charge in [0.2, 0.25) is 0 Å². The molecule has 0 amide bonds. The summed E-state index contributed by atoms with van der Waals surface area (Å²) in [6.07, 6.45) is 4.64. The Morgan fingerprint density at radius 3 is 2.90 bits per heavy atom. The summed E-state index contributed by atoms with van der Waals surface area (Å²) >= 11 is 1.78. The van der Waals surface area contributed by atoms with E-state index in [0.717, 1.165) is 28.9 Å². The summed E-state index contributed by atoms with van der Waals surface area (Å²) in [5.41, 5.74) is 4.13. The first-order chi connectivity index (χ1) is 9.74. The van der Waals surface area contributed by atoms with Gasteiger partial charge >= 0.3 is 0 Å². The lowest BCUT2D eigenvalue weighted by molar-refractivity contribution is 0.0704. The number of hydrogen-bond acceptors (Lipinski definition) is 6. The van der Waals surface area contributed by atoms with Gasteiger partial charge in [0, 0.05) is 11.5 Å². The molecule has 0 saturated heterocycles. The fourth-order valence-corrected chi connectivity index (χ4v) is 4.05. The zero-order valence-electron chi connectivity index (χ0n) is 11.9. The number of nitrogen functional groups attached to an aromatic ring is 1. The van der Waals surface area contributed by atoms with Gasteiger partial charge in [0.25, 0.3) is 0 Å². The van der Waals surface area contributed by atoms with Crippen LogP contribution in [0.15, 0.2) is 0 Å². The maximum Gasteiger partial charge on any atom is 0.160 e. The first kappa shape index (κ1) is 13.7. The topological polar surface area (TPSA) is 73.1 Å². The van der Waals surface area contributed by atoms with E-state index in [-0.39, 0.29) is 6.10 Å². The van der Waals surface area contributed by atoms with Crippen LogP contribution < -0.4 is 11.3 Å². The van der Waals surface area contributed by atoms with E-state index in [9.17, 15) is 0 Å². The summed E-state index contributed by atoms with van der Waals surface area (Å²) in [6.45, 7) is 4.59. The minimum atomic E-state index is -0.115. The van der Waals surface area contributed by atoms with Crippen LogP contribution in [0.5, 0.6) is 0 Å². The molecule has 1 atom stereocenters. The van der Waals surface area contributed by atoms with Crippen LogP contribution in [0.25, 0.3) is 10.2 Å². The predicted molar refractivity (Wildman–Crippen MR) is 81.9 cm³/mol. The fourth-order valence-electron chi connectivity index (χ4n) is 2.78. The Morgan fingerprint density at radius 2 is 2.15 bits per heavy atom. The van der Waals surface area contributed by atoms with Crippen LogP contribution in [-0.4, -0.2) is 16.6 Å². The molecule has 0 bridgehead atoms. The second-order valence-corrected chi connectivity index (χ2v) is 6.15. The number of anilines is 1. The standard InChI is InChI=1S/C14H20N4OS/c1-3-19-8(2)12-16-13(18-15)11-9-6-4-5-7-10(9)20-14(11)17-12/h8H,3-7,15H2,1-2H3,(H,16,17,18). The Kier molecular flexibility index (Phi) is 3.87. The Bertz CT molecular complexity index is 625. The van der Waals surface area contributed by atoms with Gasteiger partial charge in [-0.25, -0.2) is 15.8 Å². The number of thiophene rings is 1. The molecule has 20 heavy (non-hydrogen) atoms. The number of aryl methyl sites for hydroxylation is 2. The van der Waals surface area contributed by atoms with Gasteiger partial charge in [0.05, 0.1) is 5.39 Å². The summed E-state index contributed by atoms with van der Waals surface area (Å²) < 4.78 is 5.59. The van der Waals surface area contributed by atoms with E-state index >= 15 is 0 Å². The highest BCUT2D eigenvalue weighted by Crippen LogP contribution is 2.38. The number of hydrogen-bond donors (Lipinski definition) is 2. The number of rotatable bonds is 4. The molecule has 2 aromatic rings. The van der Waals surface area contributed by atoms with Gasteiger partial charge in [-0.15, -0.1) is 11.3 Å². The largest absolute Gasteiger partial charge is 0.371 e. The Morgan fingerprint density at radius 1 is 1.35 bits per heavy atom. The van der Waals surface area contributed by atoms with E-state index in [2.05, 4.69) is 10.4 Å². The van der Waals surface area contributed by atoms with Gasteiger partial charge in [0.15, 0.2) is 11.6 Å². The van der Waals surface area contributed by atoms with E-state index in [1.54, 1.807) is 11.3 Å². The number of aromatic nitrogens is 2. The fraction of sp³-hybridized carbons (Fsp3) is 0.571. The lowest BCUT2D eigenvalue weighted by Crippen LogP contribution is -2.13. The molecule has 0 radical (unpaired) electrons. The van der Waals surface area contributed by atoms with Crippen LogP contribution in [-0.2, 0) is 17.6 Å². The maximum atomic E-state index is 5.67. The lowest BCUT2D eigenvalue weighted by atomic mass is 9.97. The Labute approximate surface area is 122 Å². The van der Waals surface area contributed by atoms with E-state index in [1.807, 2.05) is 13.8 Å². The minimum absolute atomic E-state index is 0.115. The van der Waals surface area contributed by atoms with E-state index < -0.39 is 0 Å². The third kappa shape index (κ3) is 2.28. The monoisotopic (exact) mass is 292 g/mol. The first-order valence-electron chi connectivity index (χ1n) is 7.15. The zero-order valence-corrected chi connectivity index (χ0v) is 12.7. The van der Waals surface area contributed by atoms with Crippen molar-refractivity contribution in [2.75, 3.05) is 12.0 Å². The van der Waals surface area contributed by atoms with E-state index in [0.29, 0.717) is 12.4 Å². The van der Waals surface area contributed by atoms with Crippen molar-refractivity contribution in [3.05, 3.63) is 16.3 Å². The van der Waals surface area contributed by atoms with Crippen molar-refractivity contribution >= 4 is 27.4 Å². The second kappa shape index (κ2) is 5.63. The molecule has 0 aliphatic heterocycles. The molecule has 2 heterocycles. The van der Waals surface area contributed by atoms with Crippen molar-refractivity contribution in [1.29, 1.82) is 0 Å². The molecule has 1 aliphatic carbocycles. The average Bonchev–Trinajstić information content (AvgIpc) is 2.84. The third-order valence-electron chi connectivity index (χ3n) is 3.75. The molecule has 6 heteroatoms. The first-order valence-corrected chi connectivity index (χ1v) is 7.96. The van der Waals surface area contributed by atoms with Gasteiger partial charge in [-0.3, -0.25) is 0 Å². The van der Waals surface area contributed by atoms with Crippen LogP contribution in [0.1, 0.15) is 49.1 Å². The van der Waals surface area contributed by atoms with Gasteiger partial charge in [-0.1, -0.05) is 0 Å². The van der Waals surface area contributed by atoms with Crippen molar-refractivity contribution in [2.24, 2.45) is 5.84 Å². The molecule has 3 N–H and O–H groups in total. The highest BCUT2D eigenvalue weighted by molar-refractivity contribution is 7.19. The molecule has 1 unspecified atom stereocenters. The minimum Gasteiger partial charge on any atom is -0.371 e. The van der Waals surface area contributed by atoms with Gasteiger partial charge in [-0.2, -0.15) is 0 Å². The van der Waals surface area contributed by atoms with Gasteiger partial charge < -0.3 is 10.2 Å². The van der Waals surface area contributed by atoms with Crippen LogP contribution >= 0.6 is 11.3 Å². The lowest BCUT2D eigenvalue weighted by Gasteiger charge is -2.13. The molecule has 0 aromatic carbocycles. The summed E-state index contributed by atoms with van der Waals surface area (Å²) in [4.78, 5) is 11.7. The highest BCUT2D eigenvalue weighted by Gasteiger charge is 2.22. The number of fused-ring (bicyclic) bond motifs is 3. The molecule has 0 spiro atoms. The summed E-state index contributed by atoms with van der Waals surface area (Å²) in [7, 11) is 0. The molecule has 1 aliphatic rings. The molecule has 5 nitrogen and oxygen atoms in total. The smallest absolute Gasteiger partial charge is 0.160 e. The molecule has 108 valence electrons. The van der Waals surface area contributed by atoms with Crippen LogP contribution in [0.4, 0.5) is 5.82 Å². The third-order valence-corrected chi connectivity index (χ3v) is 4.93. The van der Waals surface area contributed by atoms with Gasteiger partial charge in [-0.05, 0) is 45.1 Å². The van der Waals surface area contributed by atoms with Crippen molar-refractivity contribution in [3.63, 3.8) is 0 Å². The number of nitrogens with zero attached hydrogens (tertiary/aromatic N) is 2. The number of nitrogens with one attached hydrogen (secondary N) is 1. The number of ether oxygens (including phenoxy) is 1. The Balaban J connectivity index is 2.14. The van der Waals surface area contributed by atoms with Gasteiger partial charge in [0.1, 0.15) is 10.9 Å². The van der Waals surface area contributed by atoms with Crippen molar-refractivity contribution in [3.8, 4) is 0 Å². The van der Waals surface area contributed by atoms with E-state index in [1.165, 1.54) is 23.3 Å². The maximum absolute atomic E-state index is 5.67. The summed E-state index contributed by atoms with van der Waals surface area (Å²) in [5, 5.41) is 1.11. The number of nitrogens with two attached hydrogens (primary N) is 1. The summed E-state index contributed by atoms with van der Waals surface area (Å²) in [5.74, 6) is 7.11. The molecule has 2 aromatic heterocycles. The van der Waals surface area contributed by atoms with Crippen molar-refractivity contribution in [2.45, 2.75) is 45.6 Å². The molecule has 3 rings (SSSR count). The van der Waals surface area contributed by atoms with E-state index in [4.69, 9.17) is 15.6 Å². The average molecular weight is 292 g/mol. The zero-order chi connectivity index (χ0) is 14.1. The molecular formula is C14H20N4OS. The van der Waals surface area contributed by atoms with Crippen LogP contribution in [0.2, 0.25) is 0 Å². The second-order valence-electron chi connectivity index (χ2n) is 5.06.